The van der Waals surface area contributed by atoms with Gasteiger partial charge in [-0.2, -0.15) is 15.8 Å². The van der Waals surface area contributed by atoms with E-state index >= 15 is 0 Å². The van der Waals surface area contributed by atoms with Crippen molar-refractivity contribution in [2.75, 3.05) is 20.1 Å². The molecule has 130 valence electrons. The molecule has 0 radical (unpaired) electrons. The minimum absolute atomic E-state index is 0.0858. The van der Waals surface area contributed by atoms with Gasteiger partial charge in [0.05, 0.1) is 48.6 Å². The molecule has 0 fully saturated rings. The van der Waals surface area contributed by atoms with E-state index in [4.69, 9.17) is 17.3 Å². The lowest BCUT2D eigenvalue weighted by Crippen LogP contribution is -3.10. The quantitative estimate of drug-likeness (QED) is 0.782. The summed E-state index contributed by atoms with van der Waals surface area (Å²) in [5.74, 6) is -1.73. The first-order valence-corrected chi connectivity index (χ1v) is 8.47. The first kappa shape index (κ1) is 18.0. The molecule has 0 aromatic heterocycles. The first-order valence-electron chi connectivity index (χ1n) is 8.09. The second-order valence-corrected chi connectivity index (χ2v) is 7.06. The zero-order valence-electron chi connectivity index (χ0n) is 14.1. The highest BCUT2D eigenvalue weighted by Gasteiger charge is 2.55. The predicted molar refractivity (Wildman–Crippen MR) is 92.8 cm³/mol. The van der Waals surface area contributed by atoms with Crippen LogP contribution in [0.25, 0.3) is 0 Å². The summed E-state index contributed by atoms with van der Waals surface area (Å²) in [6, 6.07) is 10.4. The average molecular weight is 369 g/mol. The number of rotatable bonds is 1. The number of nitriles is 3. The molecule has 0 amide bonds. The number of benzene rings is 1. The fourth-order valence-corrected chi connectivity index (χ4v) is 4.27. The highest BCUT2D eigenvalue weighted by molar-refractivity contribution is 6.31. The van der Waals surface area contributed by atoms with Crippen LogP contribution in [0, 0.1) is 51.1 Å². The molecule has 3 rings (SSSR count). The van der Waals surface area contributed by atoms with Crippen LogP contribution in [0.15, 0.2) is 41.1 Å². The fraction of sp³-hybridized carbons (Fsp3) is 0.316. The van der Waals surface area contributed by atoms with Crippen molar-refractivity contribution >= 4 is 11.6 Å². The van der Waals surface area contributed by atoms with Crippen LogP contribution in [0.4, 0.5) is 4.39 Å². The van der Waals surface area contributed by atoms with Crippen molar-refractivity contribution in [3.8, 4) is 18.2 Å². The van der Waals surface area contributed by atoms with E-state index in [9.17, 15) is 20.2 Å². The predicted octanol–water partition coefficient (Wildman–Crippen LogP) is 1.42. The molecular formula is C19H16ClFN5+. The number of quaternary nitrogens is 1. The highest BCUT2D eigenvalue weighted by atomic mass is 35.5. The largest absolute Gasteiger partial charge is 0.399 e. The van der Waals surface area contributed by atoms with Crippen LogP contribution in [0.2, 0.25) is 5.02 Å². The lowest BCUT2D eigenvalue weighted by Gasteiger charge is -2.43. The first-order chi connectivity index (χ1) is 12.4. The van der Waals surface area contributed by atoms with Gasteiger partial charge in [0.1, 0.15) is 11.9 Å². The monoisotopic (exact) mass is 368 g/mol. The van der Waals surface area contributed by atoms with Crippen LogP contribution in [0.3, 0.4) is 0 Å². The molecule has 1 aromatic rings. The molecule has 3 N–H and O–H groups in total. The van der Waals surface area contributed by atoms with E-state index in [2.05, 4.69) is 6.07 Å². The van der Waals surface area contributed by atoms with Gasteiger partial charge in [-0.15, -0.1) is 0 Å². The highest BCUT2D eigenvalue weighted by Crippen LogP contribution is 2.54. The Morgan fingerprint density at radius 2 is 2.00 bits per heavy atom. The number of nitrogens with zero attached hydrogens (tertiary/aromatic N) is 3. The molecule has 5 nitrogen and oxygen atoms in total. The Labute approximate surface area is 156 Å². The molecule has 1 aliphatic heterocycles. The number of fused-ring (bicyclic) bond motifs is 1. The molecule has 7 heteroatoms. The molecular weight excluding hydrogens is 353 g/mol. The van der Waals surface area contributed by atoms with Crippen LogP contribution in [0.1, 0.15) is 11.5 Å². The second kappa shape index (κ2) is 6.46. The summed E-state index contributed by atoms with van der Waals surface area (Å²) in [4.78, 5) is 1.15. The molecule has 3 unspecified atom stereocenters. The summed E-state index contributed by atoms with van der Waals surface area (Å²) in [5, 5.41) is 29.3. The van der Waals surface area contributed by atoms with Crippen LogP contribution in [0.5, 0.6) is 0 Å². The zero-order valence-corrected chi connectivity index (χ0v) is 14.8. The Balaban J connectivity index is 2.39. The Kier molecular flexibility index (Phi) is 4.46. The van der Waals surface area contributed by atoms with Crippen molar-refractivity contribution in [3.63, 3.8) is 0 Å². The van der Waals surface area contributed by atoms with Gasteiger partial charge in [-0.1, -0.05) is 23.7 Å². The Morgan fingerprint density at radius 1 is 1.31 bits per heavy atom. The minimum Gasteiger partial charge on any atom is -0.399 e. The van der Waals surface area contributed by atoms with Gasteiger partial charge in [0, 0.05) is 11.8 Å². The van der Waals surface area contributed by atoms with Crippen LogP contribution < -0.4 is 10.6 Å². The summed E-state index contributed by atoms with van der Waals surface area (Å²) < 4.78 is 14.1. The van der Waals surface area contributed by atoms with Crippen molar-refractivity contribution < 1.29 is 9.29 Å². The number of hydrogen-bond acceptors (Lipinski definition) is 4. The van der Waals surface area contributed by atoms with E-state index in [-0.39, 0.29) is 22.2 Å². The van der Waals surface area contributed by atoms with Gasteiger partial charge in [-0.3, -0.25) is 0 Å². The van der Waals surface area contributed by atoms with Crippen LogP contribution >= 0.6 is 11.6 Å². The van der Waals surface area contributed by atoms with E-state index in [0.29, 0.717) is 24.2 Å². The summed E-state index contributed by atoms with van der Waals surface area (Å²) in [5.41, 5.74) is 5.55. The van der Waals surface area contributed by atoms with Gasteiger partial charge in [-0.25, -0.2) is 4.39 Å². The van der Waals surface area contributed by atoms with Crippen molar-refractivity contribution in [1.29, 1.82) is 15.8 Å². The van der Waals surface area contributed by atoms with Gasteiger partial charge in [0.2, 0.25) is 0 Å². The van der Waals surface area contributed by atoms with Gasteiger partial charge >= 0.3 is 0 Å². The van der Waals surface area contributed by atoms with E-state index in [1.807, 2.05) is 25.3 Å². The smallest absolute Gasteiger partial charge is 0.191 e. The Bertz CT molecular complexity index is 946. The maximum absolute atomic E-state index is 14.1. The Hall–Kier alpha value is -2.85. The van der Waals surface area contributed by atoms with Crippen molar-refractivity contribution in [2.45, 2.75) is 5.92 Å². The molecule has 2 aliphatic rings. The van der Waals surface area contributed by atoms with Crippen molar-refractivity contribution in [1.82, 2.24) is 0 Å². The average Bonchev–Trinajstić information content (AvgIpc) is 2.64. The molecule has 3 atom stereocenters. The van der Waals surface area contributed by atoms with E-state index in [1.165, 1.54) is 12.1 Å². The maximum atomic E-state index is 14.1. The lowest BCUT2D eigenvalue weighted by atomic mass is 9.58. The lowest BCUT2D eigenvalue weighted by molar-refractivity contribution is -0.878. The van der Waals surface area contributed by atoms with Gasteiger partial charge in [0.15, 0.2) is 5.41 Å². The SMILES string of the molecule is C[NH+]1CC=C2C(C#N)=C(N)C(C#N)(C#N)C(c3cccc(F)c3Cl)C2C1. The topological polar surface area (TPSA) is 102 Å². The molecule has 0 saturated heterocycles. The number of nitrogens with one attached hydrogen (secondary N) is 1. The molecule has 0 spiro atoms. The molecule has 0 bridgehead atoms. The number of likely N-dealkylation sites (N-methyl/N-ethyl adjacent to an activating group) is 1. The summed E-state index contributed by atoms with van der Waals surface area (Å²) >= 11 is 6.21. The van der Waals surface area contributed by atoms with Crippen LogP contribution in [-0.4, -0.2) is 20.1 Å². The number of halogens is 2. The summed E-state index contributed by atoms with van der Waals surface area (Å²) in [7, 11) is 1.98. The zero-order chi connectivity index (χ0) is 19.1. The summed E-state index contributed by atoms with van der Waals surface area (Å²) in [6.45, 7) is 1.27. The maximum Gasteiger partial charge on any atom is 0.191 e. The van der Waals surface area contributed by atoms with Gasteiger partial charge < -0.3 is 10.6 Å². The van der Waals surface area contributed by atoms with Gasteiger partial charge in [-0.05, 0) is 23.3 Å². The minimum atomic E-state index is -1.79. The third-order valence-corrected chi connectivity index (χ3v) is 5.67. The number of nitrogens with two attached hydrogens (primary N) is 1. The standard InChI is InChI=1S/C19H15ClFN5/c1-26-6-5-11-13(7-22)18(25)19(9-23,10-24)16(14(11)8-26)12-3-2-4-15(21)17(12)20/h2-5,14,16H,6,8,25H2,1H3/p+1. The fourth-order valence-electron chi connectivity index (χ4n) is 4.03. The normalized spacial score (nSPS) is 26.8. The van der Waals surface area contributed by atoms with Crippen molar-refractivity contribution in [2.24, 2.45) is 17.1 Å². The molecule has 0 saturated carbocycles. The third kappa shape index (κ3) is 2.37. The van der Waals surface area contributed by atoms with E-state index in [0.717, 1.165) is 4.90 Å². The van der Waals surface area contributed by atoms with E-state index in [1.54, 1.807) is 6.07 Å². The molecule has 1 heterocycles. The Morgan fingerprint density at radius 3 is 2.62 bits per heavy atom. The van der Waals surface area contributed by atoms with Gasteiger partial charge in [0.25, 0.3) is 0 Å². The number of hydrogen-bond donors (Lipinski definition) is 2. The number of allylic oxidation sites excluding steroid dienone is 2. The third-order valence-electron chi connectivity index (χ3n) is 5.27. The molecule has 1 aliphatic carbocycles. The van der Waals surface area contributed by atoms with Crippen molar-refractivity contribution in [3.05, 3.63) is 57.5 Å². The second-order valence-electron chi connectivity index (χ2n) is 6.68. The molecule has 1 aromatic carbocycles. The van der Waals surface area contributed by atoms with E-state index < -0.39 is 17.2 Å². The molecule has 26 heavy (non-hydrogen) atoms. The summed E-state index contributed by atoms with van der Waals surface area (Å²) in [6.07, 6.45) is 1.91. The van der Waals surface area contributed by atoms with Crippen LogP contribution in [-0.2, 0) is 0 Å².